The largest absolute Gasteiger partial charge is 0.417 e. The number of alkyl halides is 3. The highest BCUT2D eigenvalue weighted by atomic mass is 35.5. The van der Waals surface area contributed by atoms with Crippen molar-refractivity contribution in [1.82, 2.24) is 10.2 Å². The fourth-order valence-corrected chi connectivity index (χ4v) is 6.46. The van der Waals surface area contributed by atoms with Crippen LogP contribution in [0, 0.1) is 0 Å². The van der Waals surface area contributed by atoms with Crippen molar-refractivity contribution in [3.63, 3.8) is 0 Å². The van der Waals surface area contributed by atoms with E-state index in [0.29, 0.717) is 15.9 Å². The summed E-state index contributed by atoms with van der Waals surface area (Å²) in [4.78, 5) is 28.1. The maximum Gasteiger partial charge on any atom is 0.417 e. The van der Waals surface area contributed by atoms with Gasteiger partial charge in [-0.3, -0.25) is 13.9 Å². The SMILES string of the molecule is CCC(C(=O)NC(C)C)N(Cc1c(Cl)cccc1Cl)C(=O)CN(c1ccc(Cl)c(C(F)(F)F)c1)S(=O)(=O)c1ccccc1. The van der Waals surface area contributed by atoms with E-state index in [-0.39, 0.29) is 33.9 Å². The number of halogens is 6. The molecule has 3 aromatic rings. The lowest BCUT2D eigenvalue weighted by Gasteiger charge is -2.34. The number of amides is 2. The van der Waals surface area contributed by atoms with Gasteiger partial charge in [0.2, 0.25) is 11.8 Å². The maximum absolute atomic E-state index is 14.1. The van der Waals surface area contributed by atoms with E-state index in [1.165, 1.54) is 24.3 Å². The number of nitrogens with zero attached hydrogens (tertiary/aromatic N) is 2. The Kier molecular flexibility index (Phi) is 11.4. The predicted octanol–water partition coefficient (Wildman–Crippen LogP) is 7.19. The van der Waals surface area contributed by atoms with Crippen LogP contribution in [0.25, 0.3) is 0 Å². The molecule has 3 aromatic carbocycles. The number of hydrogen-bond acceptors (Lipinski definition) is 4. The first kappa shape index (κ1) is 34.5. The van der Waals surface area contributed by atoms with E-state index in [4.69, 9.17) is 34.8 Å². The topological polar surface area (TPSA) is 86.8 Å². The van der Waals surface area contributed by atoms with Gasteiger partial charge in [-0.1, -0.05) is 66.0 Å². The third kappa shape index (κ3) is 8.35. The zero-order chi connectivity index (χ0) is 32.1. The van der Waals surface area contributed by atoms with Crippen LogP contribution in [0.3, 0.4) is 0 Å². The van der Waals surface area contributed by atoms with Crippen molar-refractivity contribution in [2.24, 2.45) is 0 Å². The number of nitrogens with one attached hydrogen (secondary N) is 1. The molecule has 0 bridgehead atoms. The van der Waals surface area contributed by atoms with Crippen molar-refractivity contribution >= 4 is 62.3 Å². The van der Waals surface area contributed by atoms with E-state index in [9.17, 15) is 31.2 Å². The Morgan fingerprint density at radius 2 is 1.51 bits per heavy atom. The summed E-state index contributed by atoms with van der Waals surface area (Å²) in [6.45, 7) is 3.88. The van der Waals surface area contributed by atoms with Crippen LogP contribution in [0.5, 0.6) is 0 Å². The molecular formula is C29H29Cl3F3N3O4S. The monoisotopic (exact) mass is 677 g/mol. The molecule has 232 valence electrons. The second-order valence-corrected chi connectivity index (χ2v) is 12.9. The first-order chi connectivity index (χ1) is 20.1. The Hall–Kier alpha value is -2.99. The quantitative estimate of drug-likeness (QED) is 0.233. The van der Waals surface area contributed by atoms with Crippen molar-refractivity contribution in [1.29, 1.82) is 0 Å². The predicted molar refractivity (Wildman–Crippen MR) is 162 cm³/mol. The molecule has 2 amide bonds. The molecule has 3 rings (SSSR count). The van der Waals surface area contributed by atoms with Gasteiger partial charge in [-0.2, -0.15) is 13.2 Å². The van der Waals surface area contributed by atoms with Gasteiger partial charge in [0.25, 0.3) is 10.0 Å². The summed E-state index contributed by atoms with van der Waals surface area (Å²) >= 11 is 18.5. The molecule has 1 N–H and O–H groups in total. The van der Waals surface area contributed by atoms with Crippen LogP contribution in [0.15, 0.2) is 71.6 Å². The summed E-state index contributed by atoms with van der Waals surface area (Å²) in [7, 11) is -4.60. The lowest BCUT2D eigenvalue weighted by Crippen LogP contribution is -2.53. The molecule has 0 aliphatic rings. The summed E-state index contributed by atoms with van der Waals surface area (Å²) in [6.07, 6.45) is -4.79. The number of hydrogen-bond donors (Lipinski definition) is 1. The number of sulfonamides is 1. The lowest BCUT2D eigenvalue weighted by atomic mass is 10.1. The van der Waals surface area contributed by atoms with Crippen molar-refractivity contribution in [3.8, 4) is 0 Å². The van der Waals surface area contributed by atoms with Crippen LogP contribution in [0.4, 0.5) is 18.9 Å². The van der Waals surface area contributed by atoms with Crippen LogP contribution in [-0.4, -0.2) is 43.8 Å². The molecule has 1 unspecified atom stereocenters. The second-order valence-electron chi connectivity index (χ2n) is 9.80. The van der Waals surface area contributed by atoms with Crippen LogP contribution in [0.2, 0.25) is 15.1 Å². The molecule has 1 atom stereocenters. The maximum atomic E-state index is 14.1. The third-order valence-corrected chi connectivity index (χ3v) is 9.19. The molecule has 0 fully saturated rings. The zero-order valence-electron chi connectivity index (χ0n) is 23.3. The van der Waals surface area contributed by atoms with Crippen molar-refractivity contribution in [2.75, 3.05) is 10.8 Å². The van der Waals surface area contributed by atoms with E-state index in [1.54, 1.807) is 45.0 Å². The standard InChI is InChI=1S/C29H29Cl3F3N3O4S/c1-4-26(28(40)36-18(2)3)37(16-21-23(30)11-8-12-24(21)31)27(39)17-38(43(41,42)20-9-6-5-7-10-20)19-13-14-25(32)22(15-19)29(33,34)35/h5-15,18,26H,4,16-17H2,1-3H3,(H,36,40). The van der Waals surface area contributed by atoms with Gasteiger partial charge in [0.15, 0.2) is 0 Å². The average molecular weight is 679 g/mol. The first-order valence-electron chi connectivity index (χ1n) is 13.0. The summed E-state index contributed by atoms with van der Waals surface area (Å²) in [5.74, 6) is -1.40. The summed E-state index contributed by atoms with van der Waals surface area (Å²) in [5.41, 5.74) is -1.43. The minimum Gasteiger partial charge on any atom is -0.352 e. The molecule has 0 saturated carbocycles. The molecule has 0 heterocycles. The van der Waals surface area contributed by atoms with E-state index >= 15 is 0 Å². The second kappa shape index (κ2) is 14.2. The van der Waals surface area contributed by atoms with Crippen molar-refractivity contribution in [3.05, 3.63) is 92.9 Å². The Morgan fingerprint density at radius 1 is 0.907 bits per heavy atom. The minimum absolute atomic E-state index is 0.122. The minimum atomic E-state index is -4.91. The molecule has 0 spiro atoms. The van der Waals surface area contributed by atoms with Crippen LogP contribution >= 0.6 is 34.8 Å². The van der Waals surface area contributed by atoms with Crippen LogP contribution in [-0.2, 0) is 32.3 Å². The third-order valence-electron chi connectivity index (χ3n) is 6.36. The van der Waals surface area contributed by atoms with Crippen molar-refractivity contribution < 1.29 is 31.2 Å². The molecule has 0 radical (unpaired) electrons. The van der Waals surface area contributed by atoms with Gasteiger partial charge in [0.1, 0.15) is 12.6 Å². The number of carbonyl (C=O) groups excluding carboxylic acids is 2. The summed E-state index contributed by atoms with van der Waals surface area (Å²) < 4.78 is 69.5. The van der Waals surface area contributed by atoms with Gasteiger partial charge in [0, 0.05) is 28.2 Å². The summed E-state index contributed by atoms with van der Waals surface area (Å²) in [6, 6.07) is 12.8. The molecule has 0 aliphatic heterocycles. The van der Waals surface area contributed by atoms with Gasteiger partial charge < -0.3 is 10.2 Å². The first-order valence-corrected chi connectivity index (χ1v) is 15.6. The average Bonchev–Trinajstić information content (AvgIpc) is 2.92. The highest BCUT2D eigenvalue weighted by molar-refractivity contribution is 7.92. The van der Waals surface area contributed by atoms with Gasteiger partial charge in [0.05, 0.1) is 21.2 Å². The fraction of sp³-hybridized carbons (Fsp3) is 0.310. The highest BCUT2D eigenvalue weighted by Gasteiger charge is 2.37. The fourth-order valence-electron chi connectivity index (χ4n) is 4.29. The molecule has 0 aliphatic carbocycles. The molecule has 0 aromatic heterocycles. The number of carbonyl (C=O) groups is 2. The molecule has 43 heavy (non-hydrogen) atoms. The Balaban J connectivity index is 2.18. The van der Waals surface area contributed by atoms with Gasteiger partial charge in [-0.15, -0.1) is 0 Å². The Bertz CT molecular complexity index is 1550. The summed E-state index contributed by atoms with van der Waals surface area (Å²) in [5, 5.41) is 2.50. The normalized spacial score (nSPS) is 12.6. The number of anilines is 1. The lowest BCUT2D eigenvalue weighted by molar-refractivity contribution is -0.140. The van der Waals surface area contributed by atoms with Gasteiger partial charge in [-0.25, -0.2) is 8.42 Å². The van der Waals surface area contributed by atoms with E-state index in [1.807, 2.05) is 0 Å². The number of benzene rings is 3. The van der Waals surface area contributed by atoms with Crippen LogP contribution < -0.4 is 9.62 Å². The van der Waals surface area contributed by atoms with Gasteiger partial charge >= 0.3 is 6.18 Å². The Labute approximate surface area is 263 Å². The highest BCUT2D eigenvalue weighted by Crippen LogP contribution is 2.38. The van der Waals surface area contributed by atoms with Crippen LogP contribution in [0.1, 0.15) is 38.3 Å². The van der Waals surface area contributed by atoms with Crippen molar-refractivity contribution in [2.45, 2.75) is 56.9 Å². The molecule has 14 heteroatoms. The van der Waals surface area contributed by atoms with E-state index in [2.05, 4.69) is 5.32 Å². The number of rotatable bonds is 11. The van der Waals surface area contributed by atoms with E-state index in [0.717, 1.165) is 17.0 Å². The molecule has 0 saturated heterocycles. The molecular weight excluding hydrogens is 650 g/mol. The van der Waals surface area contributed by atoms with Gasteiger partial charge in [-0.05, 0) is 62.7 Å². The smallest absolute Gasteiger partial charge is 0.352 e. The molecule has 7 nitrogen and oxygen atoms in total. The Morgan fingerprint density at radius 3 is 2.05 bits per heavy atom. The zero-order valence-corrected chi connectivity index (χ0v) is 26.4. The van der Waals surface area contributed by atoms with E-state index < -0.39 is 56.9 Å².